The number of carbonyl (C=O) groups is 1. The number of nitrogens with one attached hydrogen (secondary N) is 1. The Hall–Kier alpha value is -3.70. The van der Waals surface area contributed by atoms with Crippen molar-refractivity contribution in [1.29, 1.82) is 0 Å². The molecular formula is C20H19F3N6O3. The Bertz CT molecular complexity index is 1130. The van der Waals surface area contributed by atoms with Gasteiger partial charge in [-0.05, 0) is 19.8 Å². The van der Waals surface area contributed by atoms with Gasteiger partial charge < -0.3 is 19.4 Å². The Kier molecular flexibility index (Phi) is 5.68. The first kappa shape index (κ1) is 21.5. The minimum Gasteiger partial charge on any atom is -0.493 e. The Morgan fingerprint density at radius 2 is 2.03 bits per heavy atom. The zero-order valence-electron chi connectivity index (χ0n) is 17.2. The summed E-state index contributed by atoms with van der Waals surface area (Å²) >= 11 is 0. The summed E-state index contributed by atoms with van der Waals surface area (Å²) < 4.78 is 48.6. The maximum Gasteiger partial charge on any atom is 0.451 e. The van der Waals surface area contributed by atoms with Crippen LogP contribution in [0.25, 0.3) is 0 Å². The van der Waals surface area contributed by atoms with Crippen LogP contribution < -0.4 is 15.0 Å². The second kappa shape index (κ2) is 8.44. The number of anilines is 2. The van der Waals surface area contributed by atoms with Crippen molar-refractivity contribution in [2.45, 2.75) is 32.5 Å². The van der Waals surface area contributed by atoms with E-state index >= 15 is 0 Å². The Labute approximate surface area is 180 Å². The first-order chi connectivity index (χ1) is 15.3. The number of hydrogen-bond acceptors (Lipinski definition) is 8. The standard InChI is InChI=1S/C20H19F3N6O3/c1-11-16(26-10-32-11)18(30)28-17-15(31-2)6-14-13(27-17)4-3-5-29(14)9-12-7-24-19(25-8-12)20(21,22)23/h6-8,10H,3-5,9H2,1-2H3,(H,27,28,30). The molecule has 3 aromatic rings. The summed E-state index contributed by atoms with van der Waals surface area (Å²) in [6.45, 7) is 2.60. The van der Waals surface area contributed by atoms with Gasteiger partial charge in [-0.3, -0.25) is 4.79 Å². The minimum absolute atomic E-state index is 0.149. The normalized spacial score (nSPS) is 13.6. The predicted molar refractivity (Wildman–Crippen MR) is 106 cm³/mol. The van der Waals surface area contributed by atoms with Gasteiger partial charge >= 0.3 is 6.18 Å². The highest BCUT2D eigenvalue weighted by Crippen LogP contribution is 2.35. The molecular weight excluding hydrogens is 429 g/mol. The van der Waals surface area contributed by atoms with Gasteiger partial charge in [-0.25, -0.2) is 19.9 Å². The summed E-state index contributed by atoms with van der Waals surface area (Å²) in [5, 5.41) is 2.70. The smallest absolute Gasteiger partial charge is 0.451 e. The summed E-state index contributed by atoms with van der Waals surface area (Å²) in [7, 11) is 1.46. The second-order valence-electron chi connectivity index (χ2n) is 7.15. The number of methoxy groups -OCH3 is 1. The monoisotopic (exact) mass is 448 g/mol. The van der Waals surface area contributed by atoms with E-state index in [4.69, 9.17) is 9.15 Å². The third-order valence-electron chi connectivity index (χ3n) is 4.97. The number of halogens is 3. The van der Waals surface area contributed by atoms with Gasteiger partial charge in [0, 0.05) is 37.1 Å². The number of carbonyl (C=O) groups excluding carboxylic acids is 1. The molecule has 0 radical (unpaired) electrons. The van der Waals surface area contributed by atoms with Crippen molar-refractivity contribution < 1.29 is 27.1 Å². The van der Waals surface area contributed by atoms with Crippen molar-refractivity contribution in [1.82, 2.24) is 19.9 Å². The fraction of sp³-hybridized carbons (Fsp3) is 0.350. The molecule has 4 heterocycles. The lowest BCUT2D eigenvalue weighted by Gasteiger charge is -2.31. The first-order valence-corrected chi connectivity index (χ1v) is 9.68. The molecule has 168 valence electrons. The van der Waals surface area contributed by atoms with E-state index in [0.717, 1.165) is 17.8 Å². The summed E-state index contributed by atoms with van der Waals surface area (Å²) in [4.78, 5) is 29.8. The van der Waals surface area contributed by atoms with Crippen LogP contribution in [0.15, 0.2) is 29.3 Å². The number of fused-ring (bicyclic) bond motifs is 1. The van der Waals surface area contributed by atoms with Crippen molar-refractivity contribution >= 4 is 17.4 Å². The average Bonchev–Trinajstić information content (AvgIpc) is 3.19. The molecule has 0 bridgehead atoms. The van der Waals surface area contributed by atoms with E-state index < -0.39 is 17.9 Å². The van der Waals surface area contributed by atoms with Crippen LogP contribution in [0.4, 0.5) is 24.7 Å². The van der Waals surface area contributed by atoms with Gasteiger partial charge in [0.15, 0.2) is 23.7 Å². The highest BCUT2D eigenvalue weighted by atomic mass is 19.4. The van der Waals surface area contributed by atoms with E-state index in [-0.39, 0.29) is 11.5 Å². The fourth-order valence-electron chi connectivity index (χ4n) is 3.44. The summed E-state index contributed by atoms with van der Waals surface area (Å²) in [6, 6.07) is 1.75. The molecule has 1 N–H and O–H groups in total. The molecule has 0 fully saturated rings. The molecule has 0 saturated carbocycles. The lowest BCUT2D eigenvalue weighted by molar-refractivity contribution is -0.145. The van der Waals surface area contributed by atoms with Gasteiger partial charge in [0.05, 0.1) is 18.5 Å². The van der Waals surface area contributed by atoms with Crippen LogP contribution in [0.2, 0.25) is 0 Å². The van der Waals surface area contributed by atoms with E-state index in [1.54, 1.807) is 13.0 Å². The summed E-state index contributed by atoms with van der Waals surface area (Å²) in [5.41, 5.74) is 2.18. The van der Waals surface area contributed by atoms with Crippen LogP contribution in [0.3, 0.4) is 0 Å². The molecule has 0 aromatic carbocycles. The number of rotatable bonds is 5. The van der Waals surface area contributed by atoms with Gasteiger partial charge in [-0.2, -0.15) is 13.2 Å². The number of aryl methyl sites for hydroxylation is 2. The Morgan fingerprint density at radius 3 is 2.66 bits per heavy atom. The number of ether oxygens (including phenoxy) is 1. The third kappa shape index (κ3) is 4.34. The van der Waals surface area contributed by atoms with Gasteiger partial charge in [-0.1, -0.05) is 0 Å². The number of hydrogen-bond donors (Lipinski definition) is 1. The largest absolute Gasteiger partial charge is 0.493 e. The van der Waals surface area contributed by atoms with E-state index in [9.17, 15) is 18.0 Å². The Morgan fingerprint density at radius 1 is 1.28 bits per heavy atom. The number of nitrogens with zero attached hydrogens (tertiary/aromatic N) is 5. The fourth-order valence-corrected chi connectivity index (χ4v) is 3.44. The van der Waals surface area contributed by atoms with Crippen LogP contribution in [0.5, 0.6) is 5.75 Å². The van der Waals surface area contributed by atoms with E-state index in [0.29, 0.717) is 36.6 Å². The van der Waals surface area contributed by atoms with E-state index in [1.165, 1.54) is 25.9 Å². The minimum atomic E-state index is -4.58. The van der Waals surface area contributed by atoms with Crippen molar-refractivity contribution in [2.24, 2.45) is 0 Å². The van der Waals surface area contributed by atoms with Crippen LogP contribution in [-0.4, -0.2) is 39.5 Å². The zero-order valence-corrected chi connectivity index (χ0v) is 17.2. The van der Waals surface area contributed by atoms with Crippen LogP contribution >= 0.6 is 0 Å². The number of aromatic nitrogens is 4. The molecule has 0 aliphatic carbocycles. The molecule has 0 saturated heterocycles. The molecule has 0 spiro atoms. The molecule has 0 atom stereocenters. The van der Waals surface area contributed by atoms with E-state index in [2.05, 4.69) is 25.3 Å². The highest BCUT2D eigenvalue weighted by molar-refractivity contribution is 6.03. The summed E-state index contributed by atoms with van der Waals surface area (Å²) in [5.74, 6) is -0.681. The van der Waals surface area contributed by atoms with E-state index in [1.807, 2.05) is 4.90 Å². The van der Waals surface area contributed by atoms with Crippen LogP contribution in [0.1, 0.15) is 39.8 Å². The van der Waals surface area contributed by atoms with Crippen molar-refractivity contribution in [2.75, 3.05) is 23.9 Å². The number of oxazole rings is 1. The number of alkyl halides is 3. The Balaban J connectivity index is 1.58. The van der Waals surface area contributed by atoms with Gasteiger partial charge in [0.25, 0.3) is 5.91 Å². The molecule has 1 amide bonds. The van der Waals surface area contributed by atoms with Crippen LogP contribution in [0, 0.1) is 6.92 Å². The van der Waals surface area contributed by atoms with Gasteiger partial charge in [0.2, 0.25) is 5.82 Å². The lowest BCUT2D eigenvalue weighted by atomic mass is 10.1. The molecule has 32 heavy (non-hydrogen) atoms. The zero-order chi connectivity index (χ0) is 22.9. The van der Waals surface area contributed by atoms with Gasteiger partial charge in [0.1, 0.15) is 5.76 Å². The van der Waals surface area contributed by atoms with Crippen molar-refractivity contribution in [3.05, 3.63) is 53.4 Å². The highest BCUT2D eigenvalue weighted by Gasteiger charge is 2.34. The van der Waals surface area contributed by atoms with Crippen molar-refractivity contribution in [3.8, 4) is 5.75 Å². The predicted octanol–water partition coefficient (Wildman–Crippen LogP) is 3.40. The lowest BCUT2D eigenvalue weighted by Crippen LogP contribution is -2.30. The van der Waals surface area contributed by atoms with Gasteiger partial charge in [-0.15, -0.1) is 0 Å². The summed E-state index contributed by atoms with van der Waals surface area (Å²) in [6.07, 6.45) is 0.394. The quantitative estimate of drug-likeness (QED) is 0.633. The number of amides is 1. The van der Waals surface area contributed by atoms with Crippen molar-refractivity contribution in [3.63, 3.8) is 0 Å². The molecule has 12 heteroatoms. The number of pyridine rings is 1. The molecule has 0 unspecified atom stereocenters. The second-order valence-corrected chi connectivity index (χ2v) is 7.15. The topological polar surface area (TPSA) is 106 Å². The average molecular weight is 448 g/mol. The molecule has 3 aromatic heterocycles. The maximum atomic E-state index is 12.7. The SMILES string of the molecule is COc1cc2c(nc1NC(=O)c1ncoc1C)CCCN2Cc1cnc(C(F)(F)F)nc1. The third-order valence-corrected chi connectivity index (χ3v) is 4.97. The first-order valence-electron chi connectivity index (χ1n) is 9.68. The molecule has 1 aliphatic rings. The molecule has 1 aliphatic heterocycles. The van der Waals surface area contributed by atoms with Crippen LogP contribution in [-0.2, 0) is 19.1 Å². The molecule has 9 nitrogen and oxygen atoms in total. The molecule has 4 rings (SSSR count). The maximum absolute atomic E-state index is 12.7.